The largest absolute Gasteiger partial charge is 0.321 e. The molecular formula is C10H9F2NOS. The number of amides is 1. The standard InChI is InChI=1S/C10H9F2NOS/c1-10(2)9(14)13-8-6(12)3-5(11)4-7(8)15-10/h3-4H,1-2H3,(H,13,14). The van der Waals surface area contributed by atoms with Gasteiger partial charge in [0.2, 0.25) is 5.91 Å². The number of carbonyl (C=O) groups is 1. The van der Waals surface area contributed by atoms with Crippen LogP contribution in [0.5, 0.6) is 0 Å². The van der Waals surface area contributed by atoms with Crippen molar-refractivity contribution in [3.8, 4) is 0 Å². The van der Waals surface area contributed by atoms with Gasteiger partial charge in [0.1, 0.15) is 5.82 Å². The van der Waals surface area contributed by atoms with E-state index >= 15 is 0 Å². The molecule has 1 amide bonds. The lowest BCUT2D eigenvalue weighted by Gasteiger charge is -2.29. The molecule has 0 atom stereocenters. The molecule has 2 rings (SSSR count). The second kappa shape index (κ2) is 3.20. The zero-order valence-electron chi connectivity index (χ0n) is 8.23. The van der Waals surface area contributed by atoms with Crippen LogP contribution in [0.15, 0.2) is 17.0 Å². The van der Waals surface area contributed by atoms with Gasteiger partial charge in [-0.1, -0.05) is 0 Å². The maximum Gasteiger partial charge on any atom is 0.240 e. The fraction of sp³-hybridized carbons (Fsp3) is 0.300. The summed E-state index contributed by atoms with van der Waals surface area (Å²) in [5, 5.41) is 2.44. The number of benzene rings is 1. The van der Waals surface area contributed by atoms with Crippen LogP contribution in [0.3, 0.4) is 0 Å². The summed E-state index contributed by atoms with van der Waals surface area (Å²) in [6, 6.07) is 1.99. The first-order valence-electron chi connectivity index (χ1n) is 4.40. The molecule has 1 N–H and O–H groups in total. The Morgan fingerprint density at radius 3 is 2.67 bits per heavy atom. The van der Waals surface area contributed by atoms with Crippen molar-refractivity contribution in [2.75, 3.05) is 5.32 Å². The third-order valence-electron chi connectivity index (χ3n) is 2.17. The molecule has 0 spiro atoms. The Kier molecular flexibility index (Phi) is 2.22. The molecule has 0 unspecified atom stereocenters. The van der Waals surface area contributed by atoms with E-state index in [1.807, 2.05) is 0 Å². The van der Waals surface area contributed by atoms with E-state index in [2.05, 4.69) is 5.32 Å². The molecule has 1 aliphatic heterocycles. The van der Waals surface area contributed by atoms with Crippen LogP contribution in [0.4, 0.5) is 14.5 Å². The molecule has 1 aromatic rings. The topological polar surface area (TPSA) is 29.1 Å². The zero-order valence-corrected chi connectivity index (χ0v) is 9.04. The van der Waals surface area contributed by atoms with Gasteiger partial charge in [-0.25, -0.2) is 8.78 Å². The van der Waals surface area contributed by atoms with E-state index in [1.165, 1.54) is 6.07 Å². The van der Waals surface area contributed by atoms with Crippen molar-refractivity contribution in [1.29, 1.82) is 0 Å². The predicted molar refractivity (Wildman–Crippen MR) is 54.9 cm³/mol. The highest BCUT2D eigenvalue weighted by molar-refractivity contribution is 8.01. The van der Waals surface area contributed by atoms with Crippen LogP contribution < -0.4 is 5.32 Å². The molecule has 0 saturated heterocycles. The average Bonchev–Trinajstić information content (AvgIpc) is 2.08. The number of thioether (sulfide) groups is 1. The van der Waals surface area contributed by atoms with Crippen molar-refractivity contribution in [3.63, 3.8) is 0 Å². The van der Waals surface area contributed by atoms with Crippen LogP contribution in [0.25, 0.3) is 0 Å². The Morgan fingerprint density at radius 2 is 2.00 bits per heavy atom. The molecule has 0 saturated carbocycles. The molecule has 80 valence electrons. The minimum Gasteiger partial charge on any atom is -0.321 e. The third-order valence-corrected chi connectivity index (χ3v) is 3.41. The number of hydrogen-bond acceptors (Lipinski definition) is 2. The number of carbonyl (C=O) groups excluding carboxylic acids is 1. The smallest absolute Gasteiger partial charge is 0.240 e. The fourth-order valence-electron chi connectivity index (χ4n) is 1.34. The Labute approximate surface area is 90.1 Å². The molecule has 2 nitrogen and oxygen atoms in total. The van der Waals surface area contributed by atoms with Gasteiger partial charge in [-0.3, -0.25) is 4.79 Å². The van der Waals surface area contributed by atoms with Crippen molar-refractivity contribution in [2.45, 2.75) is 23.5 Å². The molecule has 0 bridgehead atoms. The SMILES string of the molecule is CC1(C)Sc2cc(F)cc(F)c2NC1=O. The van der Waals surface area contributed by atoms with E-state index in [-0.39, 0.29) is 11.6 Å². The van der Waals surface area contributed by atoms with E-state index < -0.39 is 16.4 Å². The highest BCUT2D eigenvalue weighted by Crippen LogP contribution is 2.43. The number of anilines is 1. The van der Waals surface area contributed by atoms with Crippen LogP contribution in [0.1, 0.15) is 13.8 Å². The van der Waals surface area contributed by atoms with Gasteiger partial charge in [0.05, 0.1) is 10.4 Å². The molecular weight excluding hydrogens is 220 g/mol. The lowest BCUT2D eigenvalue weighted by Crippen LogP contribution is -2.37. The van der Waals surface area contributed by atoms with Crippen molar-refractivity contribution < 1.29 is 13.6 Å². The molecule has 1 aromatic carbocycles. The summed E-state index contributed by atoms with van der Waals surface area (Å²) in [6.07, 6.45) is 0. The Balaban J connectivity index is 2.55. The lowest BCUT2D eigenvalue weighted by atomic mass is 10.1. The summed E-state index contributed by atoms with van der Waals surface area (Å²) >= 11 is 1.16. The number of nitrogens with one attached hydrogen (secondary N) is 1. The van der Waals surface area contributed by atoms with Crippen LogP contribution in [-0.4, -0.2) is 10.7 Å². The van der Waals surface area contributed by atoms with E-state index in [9.17, 15) is 13.6 Å². The van der Waals surface area contributed by atoms with Gasteiger partial charge < -0.3 is 5.32 Å². The second-order valence-electron chi connectivity index (χ2n) is 3.83. The third kappa shape index (κ3) is 1.71. The average molecular weight is 229 g/mol. The monoisotopic (exact) mass is 229 g/mol. The van der Waals surface area contributed by atoms with Crippen LogP contribution in [0, 0.1) is 11.6 Å². The van der Waals surface area contributed by atoms with Gasteiger partial charge in [-0.15, -0.1) is 11.8 Å². The number of halogens is 2. The van der Waals surface area contributed by atoms with E-state index in [0.29, 0.717) is 4.90 Å². The van der Waals surface area contributed by atoms with Gasteiger partial charge >= 0.3 is 0 Å². The Hall–Kier alpha value is -1.10. The first-order valence-corrected chi connectivity index (χ1v) is 5.21. The van der Waals surface area contributed by atoms with Crippen molar-refractivity contribution >= 4 is 23.4 Å². The first kappa shape index (κ1) is 10.4. The quantitative estimate of drug-likeness (QED) is 0.741. The van der Waals surface area contributed by atoms with Gasteiger partial charge in [-0.05, 0) is 19.9 Å². The van der Waals surface area contributed by atoms with Crippen LogP contribution in [0.2, 0.25) is 0 Å². The minimum absolute atomic E-state index is 0.0747. The Bertz CT molecular complexity index is 445. The summed E-state index contributed by atoms with van der Waals surface area (Å²) in [6.45, 7) is 3.41. The minimum atomic E-state index is -0.735. The molecule has 0 aliphatic carbocycles. The second-order valence-corrected chi connectivity index (χ2v) is 5.49. The van der Waals surface area contributed by atoms with Gasteiger partial charge in [0, 0.05) is 11.0 Å². The number of rotatable bonds is 0. The van der Waals surface area contributed by atoms with Crippen LogP contribution >= 0.6 is 11.8 Å². The molecule has 0 aromatic heterocycles. The molecule has 1 aliphatic rings. The molecule has 5 heteroatoms. The molecule has 0 fully saturated rings. The van der Waals surface area contributed by atoms with Crippen LogP contribution in [-0.2, 0) is 4.79 Å². The molecule has 15 heavy (non-hydrogen) atoms. The fourth-order valence-corrected chi connectivity index (χ4v) is 2.45. The van der Waals surface area contributed by atoms with Gasteiger partial charge in [0.25, 0.3) is 0 Å². The summed E-state index contributed by atoms with van der Waals surface area (Å²) in [5.74, 6) is -1.64. The first-order chi connectivity index (χ1) is 6.90. The lowest BCUT2D eigenvalue weighted by molar-refractivity contribution is -0.117. The predicted octanol–water partition coefficient (Wildman–Crippen LogP) is 2.79. The zero-order chi connectivity index (χ0) is 11.2. The maximum absolute atomic E-state index is 13.3. The molecule has 0 radical (unpaired) electrons. The van der Waals surface area contributed by atoms with Gasteiger partial charge in [-0.2, -0.15) is 0 Å². The number of hydrogen-bond donors (Lipinski definition) is 1. The normalized spacial score (nSPS) is 18.3. The van der Waals surface area contributed by atoms with E-state index in [0.717, 1.165) is 17.8 Å². The van der Waals surface area contributed by atoms with E-state index in [4.69, 9.17) is 0 Å². The Morgan fingerprint density at radius 1 is 1.33 bits per heavy atom. The van der Waals surface area contributed by atoms with Crippen molar-refractivity contribution in [3.05, 3.63) is 23.8 Å². The van der Waals surface area contributed by atoms with E-state index in [1.54, 1.807) is 13.8 Å². The summed E-state index contributed by atoms with van der Waals surface area (Å²) in [7, 11) is 0. The summed E-state index contributed by atoms with van der Waals surface area (Å²) in [4.78, 5) is 12.0. The summed E-state index contributed by atoms with van der Waals surface area (Å²) in [5.41, 5.74) is 0.0747. The maximum atomic E-state index is 13.3. The highest BCUT2D eigenvalue weighted by atomic mass is 32.2. The van der Waals surface area contributed by atoms with Crippen molar-refractivity contribution in [1.82, 2.24) is 0 Å². The van der Waals surface area contributed by atoms with Gasteiger partial charge in [0.15, 0.2) is 5.82 Å². The number of fused-ring (bicyclic) bond motifs is 1. The highest BCUT2D eigenvalue weighted by Gasteiger charge is 2.35. The summed E-state index contributed by atoms with van der Waals surface area (Å²) < 4.78 is 25.5. The molecule has 1 heterocycles. The van der Waals surface area contributed by atoms with Crippen molar-refractivity contribution in [2.24, 2.45) is 0 Å².